The van der Waals surface area contributed by atoms with Gasteiger partial charge >= 0.3 is 0 Å². The van der Waals surface area contributed by atoms with Crippen molar-refractivity contribution in [3.05, 3.63) is 107 Å². The van der Waals surface area contributed by atoms with Gasteiger partial charge in [0.25, 0.3) is 5.91 Å². The first-order chi connectivity index (χ1) is 17.6. The van der Waals surface area contributed by atoms with Crippen LogP contribution in [-0.2, 0) is 17.6 Å². The summed E-state index contributed by atoms with van der Waals surface area (Å²) in [6.45, 7) is 3.92. The van der Waals surface area contributed by atoms with Crippen LogP contribution in [0.5, 0.6) is 0 Å². The van der Waals surface area contributed by atoms with Crippen LogP contribution < -0.4 is 5.32 Å². The number of fused-ring (bicyclic) bond motifs is 1. The van der Waals surface area contributed by atoms with Crippen molar-refractivity contribution in [2.45, 2.75) is 56.9 Å². The van der Waals surface area contributed by atoms with Crippen LogP contribution >= 0.6 is 0 Å². The highest BCUT2D eigenvalue weighted by Gasteiger charge is 2.30. The van der Waals surface area contributed by atoms with E-state index in [9.17, 15) is 9.90 Å². The summed E-state index contributed by atoms with van der Waals surface area (Å²) in [6, 6.07) is 26.7. The van der Waals surface area contributed by atoms with E-state index in [1.54, 1.807) is 0 Å². The van der Waals surface area contributed by atoms with Crippen molar-refractivity contribution in [3.8, 4) is 0 Å². The summed E-state index contributed by atoms with van der Waals surface area (Å²) in [6.07, 6.45) is 3.23. The molecule has 2 heterocycles. The van der Waals surface area contributed by atoms with Crippen LogP contribution in [-0.4, -0.2) is 47.7 Å². The maximum absolute atomic E-state index is 13.3. The van der Waals surface area contributed by atoms with Crippen LogP contribution in [0.25, 0.3) is 0 Å². The minimum Gasteiger partial charge on any atom is -0.387 e. The second-order valence-corrected chi connectivity index (χ2v) is 9.96. The van der Waals surface area contributed by atoms with Gasteiger partial charge in [-0.05, 0) is 67.0 Å². The zero-order valence-electron chi connectivity index (χ0n) is 21.0. The van der Waals surface area contributed by atoms with Gasteiger partial charge in [0, 0.05) is 24.2 Å². The Morgan fingerprint density at radius 1 is 1.03 bits per heavy atom. The third-order valence-corrected chi connectivity index (χ3v) is 7.63. The minimum absolute atomic E-state index is 0.0424. The molecule has 4 atom stereocenters. The summed E-state index contributed by atoms with van der Waals surface area (Å²) in [5, 5.41) is 14.4. The van der Waals surface area contributed by atoms with Crippen molar-refractivity contribution < 1.29 is 14.6 Å². The molecule has 0 aliphatic carbocycles. The summed E-state index contributed by atoms with van der Waals surface area (Å²) in [5.41, 5.74) is 5.39. The topological polar surface area (TPSA) is 61.8 Å². The molecule has 0 saturated carbocycles. The number of ether oxygens (including phenoxy) is 1. The predicted molar refractivity (Wildman–Crippen MR) is 142 cm³/mol. The number of nitrogens with one attached hydrogen (secondary N) is 1. The van der Waals surface area contributed by atoms with E-state index in [2.05, 4.69) is 35.6 Å². The van der Waals surface area contributed by atoms with Gasteiger partial charge < -0.3 is 20.1 Å². The lowest BCUT2D eigenvalue weighted by Crippen LogP contribution is -2.36. The Morgan fingerprint density at radius 3 is 2.56 bits per heavy atom. The highest BCUT2D eigenvalue weighted by Crippen LogP contribution is 2.29. The van der Waals surface area contributed by atoms with Gasteiger partial charge in [0.15, 0.2) is 0 Å². The van der Waals surface area contributed by atoms with Gasteiger partial charge in [-0.15, -0.1) is 0 Å². The molecule has 2 N–H and O–H groups in total. The molecule has 0 aromatic heterocycles. The average molecular weight is 485 g/mol. The number of hydrogen-bond donors (Lipinski definition) is 2. The van der Waals surface area contributed by atoms with E-state index in [0.717, 1.165) is 31.2 Å². The smallest absolute Gasteiger partial charge is 0.253 e. The number of rotatable bonds is 8. The third kappa shape index (κ3) is 5.54. The standard InChI is InChI=1S/C31H36N2O3/c1-2-33(21-29-27-11-7-6-8-23(27)18-19-36-29)31(35)25-14-12-22(13-15-25)20-26-16-17-28(32-26)30(34)24-9-4-3-5-10-24/h3-15,26,28-30,32,34H,2,16-21H2,1H3/t26-,28+,29?,30+/m0/s1. The molecule has 0 spiro atoms. The lowest BCUT2D eigenvalue weighted by atomic mass is 9.97. The molecule has 3 aromatic rings. The third-order valence-electron chi connectivity index (χ3n) is 7.63. The van der Waals surface area contributed by atoms with E-state index >= 15 is 0 Å². The van der Waals surface area contributed by atoms with E-state index < -0.39 is 6.10 Å². The van der Waals surface area contributed by atoms with Gasteiger partial charge in [-0.2, -0.15) is 0 Å². The van der Waals surface area contributed by atoms with Crippen molar-refractivity contribution in [3.63, 3.8) is 0 Å². The molecule has 188 valence electrons. The van der Waals surface area contributed by atoms with Gasteiger partial charge in [0.2, 0.25) is 0 Å². The van der Waals surface area contributed by atoms with Gasteiger partial charge in [-0.1, -0.05) is 66.7 Å². The van der Waals surface area contributed by atoms with E-state index in [4.69, 9.17) is 4.74 Å². The molecule has 5 rings (SSSR count). The van der Waals surface area contributed by atoms with Gasteiger partial charge in [-0.3, -0.25) is 4.79 Å². The van der Waals surface area contributed by atoms with E-state index in [0.29, 0.717) is 31.3 Å². The van der Waals surface area contributed by atoms with Gasteiger partial charge in [0.1, 0.15) is 6.10 Å². The molecule has 1 amide bonds. The molecule has 2 aliphatic rings. The number of aliphatic hydroxyl groups is 1. The number of carbonyl (C=O) groups excluding carboxylic acids is 1. The van der Waals surface area contributed by atoms with Crippen molar-refractivity contribution in [2.75, 3.05) is 19.7 Å². The first kappa shape index (κ1) is 24.7. The predicted octanol–water partition coefficient (Wildman–Crippen LogP) is 4.86. The number of aliphatic hydroxyl groups excluding tert-OH is 1. The summed E-state index contributed by atoms with van der Waals surface area (Å²) < 4.78 is 6.05. The largest absolute Gasteiger partial charge is 0.387 e. The highest BCUT2D eigenvalue weighted by molar-refractivity contribution is 5.94. The number of benzene rings is 3. The number of carbonyl (C=O) groups is 1. The normalized spacial score (nSPS) is 22.1. The molecule has 3 aromatic carbocycles. The molecule has 1 fully saturated rings. The molecule has 1 unspecified atom stereocenters. The first-order valence-corrected chi connectivity index (χ1v) is 13.2. The lowest BCUT2D eigenvalue weighted by molar-refractivity contribution is 0.0163. The van der Waals surface area contributed by atoms with Crippen molar-refractivity contribution in [1.29, 1.82) is 0 Å². The van der Waals surface area contributed by atoms with Crippen molar-refractivity contribution in [2.24, 2.45) is 0 Å². The maximum Gasteiger partial charge on any atom is 0.253 e. The Hall–Kier alpha value is -2.99. The zero-order chi connectivity index (χ0) is 24.9. The monoisotopic (exact) mass is 484 g/mol. The van der Waals surface area contributed by atoms with E-state index in [1.165, 1.54) is 16.7 Å². The number of hydrogen-bond acceptors (Lipinski definition) is 4. The van der Waals surface area contributed by atoms with E-state index in [1.807, 2.05) is 60.4 Å². The Kier molecular flexibility index (Phi) is 7.81. The number of nitrogens with zero attached hydrogens (tertiary/aromatic N) is 1. The number of amides is 1. The highest BCUT2D eigenvalue weighted by atomic mass is 16.5. The fraction of sp³-hybridized carbons (Fsp3) is 0.387. The van der Waals surface area contributed by atoms with Gasteiger partial charge in [0.05, 0.1) is 19.3 Å². The summed E-state index contributed by atoms with van der Waals surface area (Å²) in [5.74, 6) is 0.0424. The van der Waals surface area contributed by atoms with Crippen LogP contribution in [0.4, 0.5) is 0 Å². The van der Waals surface area contributed by atoms with Crippen LogP contribution in [0.1, 0.15) is 64.6 Å². The zero-order valence-corrected chi connectivity index (χ0v) is 21.0. The Bertz CT molecular complexity index is 1150. The molecular formula is C31H36N2O3. The Morgan fingerprint density at radius 2 is 1.78 bits per heavy atom. The lowest BCUT2D eigenvalue weighted by Gasteiger charge is -2.31. The molecule has 36 heavy (non-hydrogen) atoms. The molecule has 0 radical (unpaired) electrons. The summed E-state index contributed by atoms with van der Waals surface area (Å²) >= 11 is 0. The Labute approximate surface area is 214 Å². The van der Waals surface area contributed by atoms with E-state index in [-0.39, 0.29) is 18.1 Å². The Balaban J connectivity index is 1.18. The SMILES string of the molecule is CCN(CC1OCCc2ccccc21)C(=O)c1ccc(C[C@@H]2CC[C@H]([C@H](O)c3ccccc3)N2)cc1. The fourth-order valence-corrected chi connectivity index (χ4v) is 5.58. The van der Waals surface area contributed by atoms with Crippen LogP contribution in [0.2, 0.25) is 0 Å². The second kappa shape index (κ2) is 11.4. The molecule has 5 nitrogen and oxygen atoms in total. The molecule has 0 bridgehead atoms. The molecular weight excluding hydrogens is 448 g/mol. The van der Waals surface area contributed by atoms with Crippen LogP contribution in [0, 0.1) is 0 Å². The van der Waals surface area contributed by atoms with Crippen molar-refractivity contribution in [1.82, 2.24) is 10.2 Å². The quantitative estimate of drug-likeness (QED) is 0.479. The number of likely N-dealkylation sites (N-methyl/N-ethyl adjacent to an activating group) is 1. The van der Waals surface area contributed by atoms with Crippen LogP contribution in [0.15, 0.2) is 78.9 Å². The van der Waals surface area contributed by atoms with Crippen LogP contribution in [0.3, 0.4) is 0 Å². The first-order valence-electron chi connectivity index (χ1n) is 13.2. The minimum atomic E-state index is -0.490. The maximum atomic E-state index is 13.3. The average Bonchev–Trinajstić information content (AvgIpc) is 3.40. The summed E-state index contributed by atoms with van der Waals surface area (Å²) in [4.78, 5) is 15.2. The summed E-state index contributed by atoms with van der Waals surface area (Å²) in [7, 11) is 0. The molecule has 5 heteroatoms. The second-order valence-electron chi connectivity index (χ2n) is 9.96. The molecule has 1 saturated heterocycles. The van der Waals surface area contributed by atoms with Crippen molar-refractivity contribution >= 4 is 5.91 Å². The molecule has 2 aliphatic heterocycles. The fourth-order valence-electron chi connectivity index (χ4n) is 5.58. The van der Waals surface area contributed by atoms with Gasteiger partial charge in [-0.25, -0.2) is 0 Å².